The average Bonchev–Trinajstić information content (AvgIpc) is 3.28. The third kappa shape index (κ3) is 3.64. The molecule has 0 radical (unpaired) electrons. The van der Waals surface area contributed by atoms with Gasteiger partial charge < -0.3 is 24.2 Å². The van der Waals surface area contributed by atoms with E-state index in [4.69, 9.17) is 14.0 Å². The van der Waals surface area contributed by atoms with Gasteiger partial charge in [-0.25, -0.2) is 0 Å². The monoisotopic (exact) mass is 449 g/mol. The van der Waals surface area contributed by atoms with E-state index in [0.717, 1.165) is 41.7 Å². The summed E-state index contributed by atoms with van der Waals surface area (Å²) < 4.78 is 16.3. The number of hydrogen-bond acceptors (Lipinski definition) is 8. The summed E-state index contributed by atoms with van der Waals surface area (Å²) in [5, 5.41) is 8.49. The molecule has 0 amide bonds. The van der Waals surface area contributed by atoms with Crippen LogP contribution >= 0.6 is 0 Å². The van der Waals surface area contributed by atoms with Crippen LogP contribution in [0, 0.1) is 5.92 Å². The van der Waals surface area contributed by atoms with Crippen LogP contribution in [-0.2, 0) is 14.3 Å². The molecule has 3 aromatic rings. The van der Waals surface area contributed by atoms with Gasteiger partial charge in [0.2, 0.25) is 0 Å². The first-order valence-electron chi connectivity index (χ1n) is 11.4. The van der Waals surface area contributed by atoms with Crippen LogP contribution in [0.15, 0.2) is 34.9 Å². The van der Waals surface area contributed by atoms with E-state index in [0.29, 0.717) is 48.7 Å². The van der Waals surface area contributed by atoms with Gasteiger partial charge in [-0.05, 0) is 25.8 Å². The van der Waals surface area contributed by atoms with E-state index in [1.165, 1.54) is 0 Å². The number of esters is 1. The Balaban J connectivity index is 1.64. The molecule has 0 bridgehead atoms. The number of nitrogens with one attached hydrogen (secondary N) is 1. The molecule has 2 aromatic carbocycles. The number of fused-ring (bicyclic) bond motifs is 2. The summed E-state index contributed by atoms with van der Waals surface area (Å²) in [4.78, 5) is 28.1. The Kier molecular flexibility index (Phi) is 5.76. The molecule has 1 atom stereocenters. The van der Waals surface area contributed by atoms with Gasteiger partial charge >= 0.3 is 5.97 Å². The molecule has 5 rings (SSSR count). The van der Waals surface area contributed by atoms with Gasteiger partial charge in [-0.2, -0.15) is 0 Å². The molecule has 1 fully saturated rings. The van der Waals surface area contributed by atoms with E-state index < -0.39 is 0 Å². The summed E-state index contributed by atoms with van der Waals surface area (Å²) in [5.41, 5.74) is 4.14. The lowest BCUT2D eigenvalue weighted by atomic mass is 9.86. The quantitative estimate of drug-likeness (QED) is 0.336. The Morgan fingerprint density at radius 1 is 1.30 bits per heavy atom. The first-order chi connectivity index (χ1) is 16.1. The molecule has 0 spiro atoms. The zero-order valence-electron chi connectivity index (χ0n) is 18.8. The lowest BCUT2D eigenvalue weighted by Gasteiger charge is -2.34. The maximum absolute atomic E-state index is 13.5. The van der Waals surface area contributed by atoms with Crippen molar-refractivity contribution in [2.24, 2.45) is 5.92 Å². The highest BCUT2D eigenvalue weighted by atomic mass is 16.5. The first kappa shape index (κ1) is 21.5. The van der Waals surface area contributed by atoms with Gasteiger partial charge in [-0.15, -0.1) is 0 Å². The molecule has 2 heterocycles. The van der Waals surface area contributed by atoms with Crippen molar-refractivity contribution in [2.45, 2.75) is 19.8 Å². The summed E-state index contributed by atoms with van der Waals surface area (Å²) in [6, 6.07) is 9.40. The second-order valence-corrected chi connectivity index (χ2v) is 8.39. The van der Waals surface area contributed by atoms with Crippen molar-refractivity contribution in [2.75, 3.05) is 50.2 Å². The van der Waals surface area contributed by atoms with Gasteiger partial charge in [0.25, 0.3) is 0 Å². The summed E-state index contributed by atoms with van der Waals surface area (Å²) >= 11 is 0. The smallest absolute Gasteiger partial charge is 0.310 e. The first-order valence-corrected chi connectivity index (χ1v) is 11.4. The highest BCUT2D eigenvalue weighted by Crippen LogP contribution is 2.46. The molecule has 1 aliphatic carbocycles. The van der Waals surface area contributed by atoms with Gasteiger partial charge in [0, 0.05) is 43.6 Å². The Morgan fingerprint density at radius 2 is 2.12 bits per heavy atom. The number of nitrogens with zero attached hydrogens (tertiary/aromatic N) is 2. The Hall–Kier alpha value is -3.39. The van der Waals surface area contributed by atoms with Crippen molar-refractivity contribution in [1.82, 2.24) is 5.16 Å². The number of ether oxygens (including phenoxy) is 2. The number of anilines is 2. The van der Waals surface area contributed by atoms with Crippen LogP contribution in [0.5, 0.6) is 0 Å². The van der Waals surface area contributed by atoms with Crippen LogP contribution < -0.4 is 10.2 Å². The van der Waals surface area contributed by atoms with Crippen molar-refractivity contribution in [3.63, 3.8) is 0 Å². The normalized spacial score (nSPS) is 17.2. The van der Waals surface area contributed by atoms with Crippen LogP contribution in [0.2, 0.25) is 0 Å². The lowest BCUT2D eigenvalue weighted by molar-refractivity contribution is -0.148. The number of benzene rings is 2. The minimum atomic E-state index is -0.194. The standard InChI is InChI=1S/C25H27N3O5/c1-3-32-25(30)15-7-6-11-28(14-15)19-13-18(26-10-12-31-2)20-21-22(19)27-33-24(21)17-9-5-4-8-16(17)23(20)29/h4-5,8-9,13,15,26H,3,6-7,10-12,14H2,1-2H3. The largest absolute Gasteiger partial charge is 0.466 e. The number of rotatable bonds is 7. The van der Waals surface area contributed by atoms with Crippen LogP contribution in [0.3, 0.4) is 0 Å². The number of carbonyl (C=O) groups is 2. The molecule has 0 saturated carbocycles. The lowest BCUT2D eigenvalue weighted by Crippen LogP contribution is -2.39. The molecule has 8 nitrogen and oxygen atoms in total. The molecule has 1 saturated heterocycles. The van der Waals surface area contributed by atoms with E-state index in [1.807, 2.05) is 37.3 Å². The molecule has 172 valence electrons. The van der Waals surface area contributed by atoms with Crippen LogP contribution in [0.1, 0.15) is 35.7 Å². The number of methoxy groups -OCH3 is 1. The second-order valence-electron chi connectivity index (χ2n) is 8.39. The molecule has 1 aliphatic heterocycles. The SMILES string of the molecule is CCOC(=O)C1CCCN(c2cc(NCCOC)c3c4c(onc24)-c2ccccc2C3=O)C1. The molecule has 33 heavy (non-hydrogen) atoms. The Morgan fingerprint density at radius 3 is 2.91 bits per heavy atom. The van der Waals surface area contributed by atoms with Gasteiger partial charge in [-0.1, -0.05) is 29.4 Å². The van der Waals surface area contributed by atoms with Crippen molar-refractivity contribution in [1.29, 1.82) is 0 Å². The summed E-state index contributed by atoms with van der Waals surface area (Å²) in [7, 11) is 1.64. The molecular weight excluding hydrogens is 422 g/mol. The Bertz CT molecular complexity index is 1220. The van der Waals surface area contributed by atoms with E-state index in [2.05, 4.69) is 15.4 Å². The van der Waals surface area contributed by atoms with Crippen molar-refractivity contribution in [3.05, 3.63) is 41.5 Å². The molecule has 1 unspecified atom stereocenters. The Labute approximate surface area is 191 Å². The summed E-state index contributed by atoms with van der Waals surface area (Å²) in [5.74, 6) is 0.186. The molecular formula is C25H27N3O5. The number of aromatic nitrogens is 1. The van der Waals surface area contributed by atoms with Gasteiger partial charge in [-0.3, -0.25) is 9.59 Å². The molecule has 1 aromatic heterocycles. The highest BCUT2D eigenvalue weighted by Gasteiger charge is 2.35. The predicted molar refractivity (Wildman–Crippen MR) is 125 cm³/mol. The van der Waals surface area contributed by atoms with Crippen LogP contribution in [0.25, 0.3) is 22.2 Å². The minimum absolute atomic E-state index is 0.0548. The van der Waals surface area contributed by atoms with Crippen molar-refractivity contribution < 1.29 is 23.6 Å². The summed E-state index contributed by atoms with van der Waals surface area (Å²) in [6.07, 6.45) is 1.66. The maximum Gasteiger partial charge on any atom is 0.310 e. The third-order valence-electron chi connectivity index (χ3n) is 6.38. The minimum Gasteiger partial charge on any atom is -0.466 e. The summed E-state index contributed by atoms with van der Waals surface area (Å²) in [6.45, 7) is 4.57. The van der Waals surface area contributed by atoms with Crippen LogP contribution in [-0.4, -0.2) is 56.9 Å². The molecule has 2 aliphatic rings. The number of carbonyl (C=O) groups excluding carboxylic acids is 2. The zero-order valence-corrected chi connectivity index (χ0v) is 18.8. The predicted octanol–water partition coefficient (Wildman–Crippen LogP) is 3.88. The highest BCUT2D eigenvalue weighted by molar-refractivity contribution is 6.28. The average molecular weight is 450 g/mol. The number of piperidine rings is 1. The van der Waals surface area contributed by atoms with E-state index in [1.54, 1.807) is 7.11 Å². The van der Waals surface area contributed by atoms with Crippen molar-refractivity contribution in [3.8, 4) is 11.3 Å². The van der Waals surface area contributed by atoms with Crippen LogP contribution in [0.4, 0.5) is 11.4 Å². The van der Waals surface area contributed by atoms with Gasteiger partial charge in [0.1, 0.15) is 5.52 Å². The molecule has 1 N–H and O–H groups in total. The van der Waals surface area contributed by atoms with Gasteiger partial charge in [0.15, 0.2) is 11.5 Å². The van der Waals surface area contributed by atoms with E-state index >= 15 is 0 Å². The van der Waals surface area contributed by atoms with E-state index in [-0.39, 0.29) is 17.7 Å². The fraction of sp³-hybridized carbons (Fsp3) is 0.400. The van der Waals surface area contributed by atoms with E-state index in [9.17, 15) is 9.59 Å². The van der Waals surface area contributed by atoms with Gasteiger partial charge in [0.05, 0.1) is 35.8 Å². The zero-order chi connectivity index (χ0) is 22.9. The number of hydrogen-bond donors (Lipinski definition) is 1. The van der Waals surface area contributed by atoms with Crippen molar-refractivity contribution >= 4 is 34.0 Å². The third-order valence-corrected chi connectivity index (χ3v) is 6.38. The maximum atomic E-state index is 13.5. The topological polar surface area (TPSA) is 93.9 Å². The number of ketones is 1. The fourth-order valence-corrected chi connectivity index (χ4v) is 4.86. The molecule has 8 heteroatoms. The second kappa shape index (κ2) is 8.86. The fourth-order valence-electron chi connectivity index (χ4n) is 4.86.